The van der Waals surface area contributed by atoms with Crippen LogP contribution in [0.25, 0.3) is 0 Å². The van der Waals surface area contributed by atoms with E-state index < -0.39 is 0 Å². The van der Waals surface area contributed by atoms with Crippen LogP contribution in [0, 0.1) is 26.6 Å². The highest BCUT2D eigenvalue weighted by Crippen LogP contribution is 2.37. The highest BCUT2D eigenvalue weighted by Gasteiger charge is 2.19. The predicted octanol–water partition coefficient (Wildman–Crippen LogP) is 4.83. The second-order valence-electron chi connectivity index (χ2n) is 4.25. The van der Waals surface area contributed by atoms with Crippen molar-refractivity contribution in [1.29, 1.82) is 0 Å². The maximum Gasteiger partial charge on any atom is 0.123 e. The van der Waals surface area contributed by atoms with Gasteiger partial charge < -0.3 is 4.42 Å². The summed E-state index contributed by atoms with van der Waals surface area (Å²) in [6.45, 7) is 5.78. The topological polar surface area (TPSA) is 13.1 Å². The molecule has 0 aliphatic heterocycles. The second kappa shape index (κ2) is 4.65. The molecule has 1 aromatic carbocycles. The summed E-state index contributed by atoms with van der Waals surface area (Å²) in [6, 6.07) is 5.06. The minimum atomic E-state index is -0.188. The fourth-order valence-corrected chi connectivity index (χ4v) is 3.33. The number of hydrogen-bond donors (Lipinski definition) is 0. The van der Waals surface area contributed by atoms with Gasteiger partial charge in [-0.05, 0) is 55.7 Å². The van der Waals surface area contributed by atoms with Gasteiger partial charge in [-0.25, -0.2) is 4.39 Å². The van der Waals surface area contributed by atoms with Crippen LogP contribution >= 0.6 is 15.9 Å². The van der Waals surface area contributed by atoms with Gasteiger partial charge in [-0.15, -0.1) is 0 Å². The van der Waals surface area contributed by atoms with E-state index in [1.165, 1.54) is 0 Å². The van der Waals surface area contributed by atoms with E-state index in [9.17, 15) is 4.39 Å². The van der Waals surface area contributed by atoms with Crippen LogP contribution < -0.4 is 0 Å². The predicted molar refractivity (Wildman–Crippen MR) is 70.1 cm³/mol. The maximum absolute atomic E-state index is 13.3. The van der Waals surface area contributed by atoms with Gasteiger partial charge in [0.1, 0.15) is 11.6 Å². The summed E-state index contributed by atoms with van der Waals surface area (Å²) >= 11 is 3.67. The molecule has 0 spiro atoms. The van der Waals surface area contributed by atoms with E-state index in [2.05, 4.69) is 15.9 Å². The van der Waals surface area contributed by atoms with Gasteiger partial charge in [-0.2, -0.15) is 0 Å². The van der Waals surface area contributed by atoms with E-state index in [4.69, 9.17) is 4.42 Å². The third-order valence-corrected chi connectivity index (χ3v) is 3.93. The van der Waals surface area contributed by atoms with E-state index in [0.717, 1.165) is 28.0 Å². The van der Waals surface area contributed by atoms with Crippen molar-refractivity contribution in [2.75, 3.05) is 0 Å². The van der Waals surface area contributed by atoms with E-state index >= 15 is 0 Å². The van der Waals surface area contributed by atoms with Crippen LogP contribution in [0.5, 0.6) is 0 Å². The first-order valence-corrected chi connectivity index (χ1v) is 6.37. The van der Waals surface area contributed by atoms with E-state index in [-0.39, 0.29) is 10.6 Å². The molecule has 0 saturated carbocycles. The molecule has 1 heterocycles. The largest absolute Gasteiger partial charge is 0.469 e. The first-order chi connectivity index (χ1) is 8.00. The number of rotatable bonds is 2. The highest BCUT2D eigenvalue weighted by atomic mass is 79.9. The summed E-state index contributed by atoms with van der Waals surface area (Å²) < 4.78 is 18.6. The Morgan fingerprint density at radius 3 is 2.24 bits per heavy atom. The van der Waals surface area contributed by atoms with Crippen LogP contribution in [0.4, 0.5) is 4.39 Å². The van der Waals surface area contributed by atoms with Gasteiger partial charge in [0.2, 0.25) is 0 Å². The number of benzene rings is 1. The lowest BCUT2D eigenvalue weighted by Crippen LogP contribution is -2.00. The molecule has 1 unspecified atom stereocenters. The lowest BCUT2D eigenvalue weighted by molar-refractivity contribution is 0.530. The third kappa shape index (κ3) is 2.29. The zero-order chi connectivity index (χ0) is 12.6. The molecule has 2 aromatic rings. The number of halogens is 2. The fourth-order valence-electron chi connectivity index (χ4n) is 2.13. The monoisotopic (exact) mass is 296 g/mol. The first-order valence-electron chi connectivity index (χ1n) is 5.45. The van der Waals surface area contributed by atoms with Gasteiger partial charge in [-0.1, -0.05) is 15.9 Å². The molecule has 0 aliphatic rings. The third-order valence-electron chi connectivity index (χ3n) is 2.98. The van der Waals surface area contributed by atoms with Crippen molar-refractivity contribution in [2.45, 2.75) is 25.6 Å². The summed E-state index contributed by atoms with van der Waals surface area (Å²) in [4.78, 5) is 0.0434. The van der Waals surface area contributed by atoms with Crippen LogP contribution in [0.2, 0.25) is 0 Å². The molecule has 0 amide bonds. The molecule has 90 valence electrons. The van der Waals surface area contributed by atoms with Gasteiger partial charge in [-0.3, -0.25) is 0 Å². The zero-order valence-electron chi connectivity index (χ0n) is 10.1. The van der Waals surface area contributed by atoms with Crippen molar-refractivity contribution in [2.24, 2.45) is 0 Å². The van der Waals surface area contributed by atoms with Crippen molar-refractivity contribution in [3.05, 3.63) is 58.3 Å². The lowest BCUT2D eigenvalue weighted by Gasteiger charge is -2.16. The summed E-state index contributed by atoms with van der Waals surface area (Å²) in [7, 11) is 0. The molecule has 1 nitrogen and oxygen atoms in total. The summed E-state index contributed by atoms with van der Waals surface area (Å²) in [6.07, 6.45) is 1.67. The normalized spacial score (nSPS) is 12.8. The highest BCUT2D eigenvalue weighted by molar-refractivity contribution is 9.09. The Kier molecular flexibility index (Phi) is 3.38. The molecule has 0 radical (unpaired) electrons. The molecule has 0 fully saturated rings. The molecule has 1 atom stereocenters. The van der Waals surface area contributed by atoms with E-state index in [1.54, 1.807) is 18.4 Å². The number of furan rings is 1. The summed E-state index contributed by atoms with van der Waals surface area (Å²) in [5.41, 5.74) is 4.09. The van der Waals surface area contributed by atoms with Crippen molar-refractivity contribution >= 4 is 15.9 Å². The Hall–Kier alpha value is -1.09. The van der Waals surface area contributed by atoms with Crippen molar-refractivity contribution in [3.63, 3.8) is 0 Å². The maximum atomic E-state index is 13.3. The minimum absolute atomic E-state index is 0.0434. The van der Waals surface area contributed by atoms with E-state index in [0.29, 0.717) is 0 Å². The molecule has 0 saturated heterocycles. The van der Waals surface area contributed by atoms with Crippen LogP contribution in [-0.2, 0) is 0 Å². The summed E-state index contributed by atoms with van der Waals surface area (Å²) in [5, 5.41) is 0. The van der Waals surface area contributed by atoms with Crippen LogP contribution in [0.3, 0.4) is 0 Å². The number of alkyl halides is 1. The fraction of sp³-hybridized carbons (Fsp3) is 0.286. The van der Waals surface area contributed by atoms with Crippen molar-refractivity contribution in [3.8, 4) is 0 Å². The Morgan fingerprint density at radius 2 is 1.76 bits per heavy atom. The molecule has 3 heteroatoms. The average Bonchev–Trinajstić information content (AvgIpc) is 2.62. The Labute approximate surface area is 109 Å². The van der Waals surface area contributed by atoms with E-state index in [1.807, 2.05) is 26.8 Å². The van der Waals surface area contributed by atoms with Crippen LogP contribution in [-0.4, -0.2) is 0 Å². The standard InChI is InChI=1S/C14H14BrFO/c1-8-6-11(16)7-9(2)13(8)14(15)12-4-5-17-10(12)3/h4-7,14H,1-3H3. The molecule has 0 bridgehead atoms. The number of hydrogen-bond acceptors (Lipinski definition) is 1. The van der Waals surface area contributed by atoms with Gasteiger partial charge in [0.15, 0.2) is 0 Å². The van der Waals surface area contributed by atoms with Crippen molar-refractivity contribution < 1.29 is 8.81 Å². The smallest absolute Gasteiger partial charge is 0.123 e. The Morgan fingerprint density at radius 1 is 1.18 bits per heavy atom. The molecular formula is C14H14BrFO. The molecule has 1 aromatic heterocycles. The zero-order valence-corrected chi connectivity index (χ0v) is 11.6. The average molecular weight is 297 g/mol. The minimum Gasteiger partial charge on any atom is -0.469 e. The van der Waals surface area contributed by atoms with Gasteiger partial charge in [0, 0.05) is 5.56 Å². The molecule has 17 heavy (non-hydrogen) atoms. The van der Waals surface area contributed by atoms with Gasteiger partial charge >= 0.3 is 0 Å². The quantitative estimate of drug-likeness (QED) is 0.724. The SMILES string of the molecule is Cc1cc(F)cc(C)c1C(Br)c1ccoc1C. The Balaban J connectivity index is 2.51. The first kappa shape index (κ1) is 12.4. The summed E-state index contributed by atoms with van der Waals surface area (Å²) in [5.74, 6) is 0.697. The van der Waals surface area contributed by atoms with Gasteiger partial charge in [0.25, 0.3) is 0 Å². The van der Waals surface area contributed by atoms with Crippen LogP contribution in [0.1, 0.15) is 32.8 Å². The van der Waals surface area contributed by atoms with Crippen molar-refractivity contribution in [1.82, 2.24) is 0 Å². The van der Waals surface area contributed by atoms with Crippen LogP contribution in [0.15, 0.2) is 28.9 Å². The number of aryl methyl sites for hydroxylation is 3. The Bertz CT molecular complexity index is 522. The molecule has 0 N–H and O–H groups in total. The molecule has 0 aliphatic carbocycles. The lowest BCUT2D eigenvalue weighted by atomic mass is 9.96. The van der Waals surface area contributed by atoms with Gasteiger partial charge in [0.05, 0.1) is 11.1 Å². The second-order valence-corrected chi connectivity index (χ2v) is 5.16. The molecular weight excluding hydrogens is 283 g/mol. The molecule has 2 rings (SSSR count).